The van der Waals surface area contributed by atoms with Gasteiger partial charge in [0.1, 0.15) is 11.5 Å². The molecule has 0 aromatic heterocycles. The quantitative estimate of drug-likeness (QED) is 0.650. The molecule has 1 N–H and O–H groups in total. The molecule has 146 valence electrons. The largest absolute Gasteiger partial charge is 0.384 e. The highest BCUT2D eigenvalue weighted by Crippen LogP contribution is 2.39. The van der Waals surface area contributed by atoms with Crippen molar-refractivity contribution in [3.8, 4) is 0 Å². The number of nitro groups is 1. The first-order chi connectivity index (χ1) is 13.5. The van der Waals surface area contributed by atoms with Crippen molar-refractivity contribution in [1.29, 1.82) is 0 Å². The Morgan fingerprint density at radius 1 is 1.07 bits per heavy atom. The third kappa shape index (κ3) is 3.37. The summed E-state index contributed by atoms with van der Waals surface area (Å²) in [5, 5.41) is 14.9. The number of hydrogen-bond acceptors (Lipinski definition) is 5. The number of halogens is 1. The highest BCUT2D eigenvalue weighted by Gasteiger charge is 2.29. The van der Waals surface area contributed by atoms with Crippen molar-refractivity contribution in [1.82, 2.24) is 4.90 Å². The number of nitro benzene ring substituents is 1. The second-order valence-corrected chi connectivity index (χ2v) is 7.03. The Bertz CT molecular complexity index is 916. The molecule has 2 aromatic rings. The fraction of sp³-hybridized carbons (Fsp3) is 0.350. The maximum absolute atomic E-state index is 13.1. The van der Waals surface area contributed by atoms with Crippen LogP contribution in [0.25, 0.3) is 0 Å². The Kier molecular flexibility index (Phi) is 4.85. The second-order valence-electron chi connectivity index (χ2n) is 7.03. The predicted molar refractivity (Wildman–Crippen MR) is 104 cm³/mol. The summed E-state index contributed by atoms with van der Waals surface area (Å²) in [5.74, 6) is -0.520. The number of anilines is 2. The van der Waals surface area contributed by atoms with Crippen molar-refractivity contribution in [2.45, 2.75) is 12.8 Å². The van der Waals surface area contributed by atoms with Crippen LogP contribution in [0.3, 0.4) is 0 Å². The minimum Gasteiger partial charge on any atom is -0.384 e. The summed E-state index contributed by atoms with van der Waals surface area (Å²) < 4.78 is 13.1. The SMILES string of the molecule is O=C(c1ccc(F)cc1)N1CCCN(c2c([N+](=O)[O-])ccc3c2CCN3)CC1. The summed E-state index contributed by atoms with van der Waals surface area (Å²) in [6.07, 6.45) is 1.46. The van der Waals surface area contributed by atoms with Crippen molar-refractivity contribution in [2.75, 3.05) is 42.9 Å². The van der Waals surface area contributed by atoms with Gasteiger partial charge in [-0.1, -0.05) is 0 Å². The van der Waals surface area contributed by atoms with Crippen molar-refractivity contribution >= 4 is 23.0 Å². The first-order valence-corrected chi connectivity index (χ1v) is 9.38. The lowest BCUT2D eigenvalue weighted by Crippen LogP contribution is -2.35. The van der Waals surface area contributed by atoms with Crippen LogP contribution in [0.2, 0.25) is 0 Å². The number of nitrogens with one attached hydrogen (secondary N) is 1. The zero-order valence-electron chi connectivity index (χ0n) is 15.4. The van der Waals surface area contributed by atoms with Gasteiger partial charge in [0, 0.05) is 55.6 Å². The average Bonchev–Trinajstić information content (AvgIpc) is 3.04. The molecule has 8 heteroatoms. The molecular weight excluding hydrogens is 363 g/mol. The molecule has 0 bridgehead atoms. The van der Waals surface area contributed by atoms with Gasteiger partial charge in [-0.2, -0.15) is 0 Å². The first kappa shape index (κ1) is 18.2. The van der Waals surface area contributed by atoms with Crippen molar-refractivity contribution < 1.29 is 14.1 Å². The van der Waals surface area contributed by atoms with Crippen LogP contribution >= 0.6 is 0 Å². The Hall–Kier alpha value is -3.16. The lowest BCUT2D eigenvalue weighted by Gasteiger charge is -2.25. The van der Waals surface area contributed by atoms with Crippen LogP contribution in [-0.4, -0.2) is 48.5 Å². The fourth-order valence-electron chi connectivity index (χ4n) is 3.98. The number of carbonyl (C=O) groups is 1. The number of fused-ring (bicyclic) bond motifs is 1. The van der Waals surface area contributed by atoms with Crippen LogP contribution < -0.4 is 10.2 Å². The summed E-state index contributed by atoms with van der Waals surface area (Å²) in [5.41, 5.74) is 3.16. The lowest BCUT2D eigenvalue weighted by atomic mass is 10.1. The zero-order chi connectivity index (χ0) is 19.7. The van der Waals surface area contributed by atoms with Crippen LogP contribution in [0.15, 0.2) is 36.4 Å². The van der Waals surface area contributed by atoms with Gasteiger partial charge in [0.05, 0.1) is 4.92 Å². The highest BCUT2D eigenvalue weighted by atomic mass is 19.1. The van der Waals surface area contributed by atoms with Gasteiger partial charge >= 0.3 is 0 Å². The number of hydrogen-bond donors (Lipinski definition) is 1. The number of amides is 1. The Morgan fingerprint density at radius 2 is 1.86 bits per heavy atom. The molecule has 1 amide bonds. The maximum Gasteiger partial charge on any atom is 0.292 e. The van der Waals surface area contributed by atoms with E-state index in [0.29, 0.717) is 43.9 Å². The molecule has 2 aliphatic rings. The van der Waals surface area contributed by atoms with Gasteiger partial charge in [-0.3, -0.25) is 14.9 Å². The van der Waals surface area contributed by atoms with Gasteiger partial charge in [-0.15, -0.1) is 0 Å². The molecule has 0 saturated carbocycles. The van der Waals surface area contributed by atoms with Crippen LogP contribution in [-0.2, 0) is 6.42 Å². The van der Waals surface area contributed by atoms with Gasteiger partial charge < -0.3 is 15.1 Å². The van der Waals surface area contributed by atoms with E-state index in [1.165, 1.54) is 24.3 Å². The third-order valence-electron chi connectivity index (χ3n) is 5.34. The summed E-state index contributed by atoms with van der Waals surface area (Å²) in [6, 6.07) is 8.86. The molecule has 28 heavy (non-hydrogen) atoms. The summed E-state index contributed by atoms with van der Waals surface area (Å²) in [4.78, 5) is 27.8. The summed E-state index contributed by atoms with van der Waals surface area (Å²) in [7, 11) is 0. The average molecular weight is 384 g/mol. The van der Waals surface area contributed by atoms with E-state index in [9.17, 15) is 19.3 Å². The number of benzene rings is 2. The van der Waals surface area contributed by atoms with Crippen LogP contribution in [0, 0.1) is 15.9 Å². The first-order valence-electron chi connectivity index (χ1n) is 9.38. The fourth-order valence-corrected chi connectivity index (χ4v) is 3.98. The topological polar surface area (TPSA) is 78.7 Å². The Labute approximate surface area is 161 Å². The van der Waals surface area contributed by atoms with E-state index in [0.717, 1.165) is 24.2 Å². The van der Waals surface area contributed by atoms with Crippen LogP contribution in [0.1, 0.15) is 22.3 Å². The number of nitrogens with zero attached hydrogens (tertiary/aromatic N) is 3. The van der Waals surface area contributed by atoms with Gasteiger partial charge in [0.15, 0.2) is 0 Å². The van der Waals surface area contributed by atoms with Gasteiger partial charge in [0.25, 0.3) is 11.6 Å². The van der Waals surface area contributed by atoms with Crippen molar-refractivity contribution in [2.24, 2.45) is 0 Å². The normalized spacial score (nSPS) is 16.3. The molecule has 0 unspecified atom stereocenters. The molecule has 0 spiro atoms. The zero-order valence-corrected chi connectivity index (χ0v) is 15.4. The van der Waals surface area contributed by atoms with Crippen LogP contribution in [0.4, 0.5) is 21.5 Å². The van der Waals surface area contributed by atoms with Gasteiger partial charge in [-0.25, -0.2) is 4.39 Å². The minimum atomic E-state index is -0.377. The van der Waals surface area contributed by atoms with Gasteiger partial charge in [0.2, 0.25) is 0 Å². The molecule has 0 radical (unpaired) electrons. The molecule has 7 nitrogen and oxygen atoms in total. The number of carbonyl (C=O) groups excluding carboxylic acids is 1. The molecule has 2 aliphatic heterocycles. The lowest BCUT2D eigenvalue weighted by molar-refractivity contribution is -0.384. The molecule has 2 heterocycles. The maximum atomic E-state index is 13.1. The van der Waals surface area contributed by atoms with E-state index in [4.69, 9.17) is 0 Å². The molecule has 4 rings (SSSR count). The summed E-state index contributed by atoms with van der Waals surface area (Å²) >= 11 is 0. The van der Waals surface area contributed by atoms with E-state index in [2.05, 4.69) is 5.32 Å². The summed E-state index contributed by atoms with van der Waals surface area (Å²) in [6.45, 7) is 2.96. The molecule has 2 aromatic carbocycles. The van der Waals surface area contributed by atoms with Gasteiger partial charge in [-0.05, 0) is 43.2 Å². The van der Waals surface area contributed by atoms with E-state index >= 15 is 0 Å². The van der Waals surface area contributed by atoms with E-state index < -0.39 is 0 Å². The predicted octanol–water partition coefficient (Wildman–Crippen LogP) is 3.05. The smallest absolute Gasteiger partial charge is 0.292 e. The monoisotopic (exact) mass is 384 g/mol. The molecule has 1 fully saturated rings. The molecular formula is C20H21FN4O3. The highest BCUT2D eigenvalue weighted by molar-refractivity contribution is 5.94. The van der Waals surface area contributed by atoms with Crippen molar-refractivity contribution in [3.63, 3.8) is 0 Å². The molecule has 0 aliphatic carbocycles. The Balaban J connectivity index is 1.57. The molecule has 1 saturated heterocycles. The Morgan fingerprint density at radius 3 is 2.61 bits per heavy atom. The van der Waals surface area contributed by atoms with E-state index in [-0.39, 0.29) is 22.3 Å². The van der Waals surface area contributed by atoms with E-state index in [1.54, 1.807) is 17.0 Å². The minimum absolute atomic E-state index is 0.112. The standard InChI is InChI=1S/C20H21FN4O3/c21-15-4-2-14(3-5-15)20(26)24-11-1-10-23(12-13-24)19-16-8-9-22-17(16)6-7-18(19)25(27)28/h2-7,22H,1,8-13H2. The second kappa shape index (κ2) is 7.46. The molecule has 0 atom stereocenters. The van der Waals surface area contributed by atoms with Crippen LogP contribution in [0.5, 0.6) is 0 Å². The number of rotatable bonds is 3. The third-order valence-corrected chi connectivity index (χ3v) is 5.34. The van der Waals surface area contributed by atoms with Crippen molar-refractivity contribution in [3.05, 3.63) is 63.5 Å². The van der Waals surface area contributed by atoms with E-state index in [1.807, 2.05) is 4.90 Å².